The minimum atomic E-state index is -0.717. The van der Waals surface area contributed by atoms with Gasteiger partial charge in [-0.2, -0.15) is 0 Å². The van der Waals surface area contributed by atoms with E-state index < -0.39 is 10.7 Å². The third-order valence-corrected chi connectivity index (χ3v) is 2.57. The van der Waals surface area contributed by atoms with E-state index in [4.69, 9.17) is 9.47 Å². The molecule has 1 aliphatic rings. The van der Waals surface area contributed by atoms with Gasteiger partial charge in [0.15, 0.2) is 11.5 Å². The van der Waals surface area contributed by atoms with Crippen LogP contribution in [0.4, 0.5) is 5.69 Å². The van der Waals surface area contributed by atoms with E-state index in [1.807, 2.05) is 6.92 Å². The molecule has 0 aliphatic carbocycles. The first-order valence-corrected chi connectivity index (χ1v) is 5.56. The fourth-order valence-corrected chi connectivity index (χ4v) is 2.09. The Bertz CT molecular complexity index is 458. The zero-order valence-electron chi connectivity index (χ0n) is 10.1. The average Bonchev–Trinajstić information content (AvgIpc) is 2.50. The summed E-state index contributed by atoms with van der Waals surface area (Å²) in [7, 11) is 0. The Balaban J connectivity index is 2.24. The van der Waals surface area contributed by atoms with Gasteiger partial charge in [0.05, 0.1) is 11.0 Å². The van der Waals surface area contributed by atoms with Crippen LogP contribution in [-0.4, -0.2) is 10.7 Å². The highest BCUT2D eigenvalue weighted by Gasteiger charge is 2.38. The van der Waals surface area contributed by atoms with E-state index in [0.717, 1.165) is 6.42 Å². The van der Waals surface area contributed by atoms with Gasteiger partial charge in [-0.15, -0.1) is 0 Å². The second kappa shape index (κ2) is 3.91. The van der Waals surface area contributed by atoms with Crippen molar-refractivity contribution in [2.45, 2.75) is 33.0 Å². The lowest BCUT2D eigenvalue weighted by Gasteiger charge is -2.24. The van der Waals surface area contributed by atoms with Gasteiger partial charge in [-0.05, 0) is 12.0 Å². The molecular formula is C12H15NO4. The fourth-order valence-electron chi connectivity index (χ4n) is 2.09. The van der Waals surface area contributed by atoms with Crippen LogP contribution in [0.3, 0.4) is 0 Å². The van der Waals surface area contributed by atoms with E-state index in [9.17, 15) is 10.1 Å². The van der Waals surface area contributed by atoms with Crippen molar-refractivity contribution in [2.75, 3.05) is 0 Å². The van der Waals surface area contributed by atoms with Crippen molar-refractivity contribution in [3.63, 3.8) is 0 Å². The second-order valence-electron chi connectivity index (χ2n) is 4.82. The van der Waals surface area contributed by atoms with Gasteiger partial charge >= 0.3 is 0 Å². The summed E-state index contributed by atoms with van der Waals surface area (Å²) in [6.45, 7) is 5.99. The first-order valence-electron chi connectivity index (χ1n) is 5.56. The predicted octanol–water partition coefficient (Wildman–Crippen LogP) is 3.13. The van der Waals surface area contributed by atoms with Crippen LogP contribution in [0.5, 0.6) is 11.5 Å². The Hall–Kier alpha value is -1.78. The third kappa shape index (κ3) is 2.33. The first-order chi connectivity index (χ1) is 7.89. The summed E-state index contributed by atoms with van der Waals surface area (Å²) in [6, 6.07) is 4.41. The lowest BCUT2D eigenvalue weighted by atomic mass is 10.0. The number of nitro groups is 1. The highest BCUT2D eigenvalue weighted by atomic mass is 16.7. The maximum atomic E-state index is 10.6. The zero-order valence-corrected chi connectivity index (χ0v) is 10.1. The summed E-state index contributed by atoms with van der Waals surface area (Å²) in [4.78, 5) is 10.2. The van der Waals surface area contributed by atoms with Crippen LogP contribution >= 0.6 is 0 Å². The standard InChI is InChI=1S/C12H15NO4/c1-8(2)7-12(3)16-10-5-4-9(13(14)15)6-11(10)17-12/h4-6,8H,7H2,1-3H3/t12-/m1/s1. The Morgan fingerprint density at radius 2 is 2.00 bits per heavy atom. The first kappa shape index (κ1) is 11.7. The fraction of sp³-hybridized carbons (Fsp3) is 0.500. The van der Waals surface area contributed by atoms with Crippen molar-refractivity contribution >= 4 is 5.69 Å². The lowest BCUT2D eigenvalue weighted by Crippen LogP contribution is -2.36. The normalized spacial score (nSPS) is 21.9. The van der Waals surface area contributed by atoms with Gasteiger partial charge in [0.1, 0.15) is 0 Å². The van der Waals surface area contributed by atoms with E-state index in [2.05, 4.69) is 13.8 Å². The number of fused-ring (bicyclic) bond motifs is 1. The highest BCUT2D eigenvalue weighted by Crippen LogP contribution is 2.43. The smallest absolute Gasteiger partial charge is 0.273 e. The molecule has 17 heavy (non-hydrogen) atoms. The van der Waals surface area contributed by atoms with Crippen LogP contribution in [0, 0.1) is 16.0 Å². The van der Waals surface area contributed by atoms with Crippen LogP contribution in [0.2, 0.25) is 0 Å². The molecule has 0 amide bonds. The van der Waals surface area contributed by atoms with Crippen molar-refractivity contribution < 1.29 is 14.4 Å². The summed E-state index contributed by atoms with van der Waals surface area (Å²) in [5.74, 6) is 0.719. The lowest BCUT2D eigenvalue weighted by molar-refractivity contribution is -0.384. The minimum Gasteiger partial charge on any atom is -0.449 e. The molecule has 0 spiro atoms. The van der Waals surface area contributed by atoms with Crippen molar-refractivity contribution in [1.82, 2.24) is 0 Å². The second-order valence-corrected chi connectivity index (χ2v) is 4.82. The summed E-state index contributed by atoms with van der Waals surface area (Å²) >= 11 is 0. The van der Waals surface area contributed by atoms with Gasteiger partial charge in [-0.1, -0.05) is 13.8 Å². The average molecular weight is 237 g/mol. The van der Waals surface area contributed by atoms with Crippen molar-refractivity contribution in [3.05, 3.63) is 28.3 Å². The zero-order chi connectivity index (χ0) is 12.6. The Morgan fingerprint density at radius 1 is 1.35 bits per heavy atom. The Morgan fingerprint density at radius 3 is 2.59 bits per heavy atom. The van der Waals surface area contributed by atoms with E-state index in [-0.39, 0.29) is 5.69 Å². The molecule has 1 aliphatic heterocycles. The molecule has 0 N–H and O–H groups in total. The van der Waals surface area contributed by atoms with E-state index in [1.165, 1.54) is 12.1 Å². The largest absolute Gasteiger partial charge is 0.449 e. The molecule has 2 rings (SSSR count). The molecule has 1 aromatic rings. The number of hydrogen-bond acceptors (Lipinski definition) is 4. The molecule has 1 aromatic carbocycles. The molecular weight excluding hydrogens is 222 g/mol. The van der Waals surface area contributed by atoms with Crippen LogP contribution in [0.25, 0.3) is 0 Å². The highest BCUT2D eigenvalue weighted by molar-refractivity contribution is 5.50. The summed E-state index contributed by atoms with van der Waals surface area (Å²) < 4.78 is 11.4. The predicted molar refractivity (Wildman–Crippen MR) is 62.2 cm³/mol. The topological polar surface area (TPSA) is 61.6 Å². The van der Waals surface area contributed by atoms with Crippen molar-refractivity contribution in [3.8, 4) is 11.5 Å². The summed E-state index contributed by atoms with van der Waals surface area (Å²) in [5.41, 5.74) is 0.0150. The molecule has 0 bridgehead atoms. The van der Waals surface area contributed by atoms with Gasteiger partial charge in [0, 0.05) is 19.4 Å². The van der Waals surface area contributed by atoms with E-state index in [0.29, 0.717) is 17.4 Å². The molecule has 0 saturated carbocycles. The monoisotopic (exact) mass is 237 g/mol. The molecule has 1 heterocycles. The maximum absolute atomic E-state index is 10.6. The number of nitrogens with zero attached hydrogens (tertiary/aromatic N) is 1. The SMILES string of the molecule is CC(C)C[C@]1(C)Oc2ccc([N+](=O)[O-])cc2O1. The molecule has 5 heteroatoms. The van der Waals surface area contributed by atoms with E-state index >= 15 is 0 Å². The summed E-state index contributed by atoms with van der Waals surface area (Å²) in [5, 5.41) is 10.6. The van der Waals surface area contributed by atoms with Gasteiger partial charge in [0.2, 0.25) is 5.79 Å². The molecule has 0 unspecified atom stereocenters. The van der Waals surface area contributed by atoms with Crippen molar-refractivity contribution in [2.24, 2.45) is 5.92 Å². The number of ether oxygens (including phenoxy) is 2. The number of rotatable bonds is 3. The van der Waals surface area contributed by atoms with Gasteiger partial charge in [0.25, 0.3) is 5.69 Å². The Kier molecular flexibility index (Phi) is 2.69. The van der Waals surface area contributed by atoms with Crippen LogP contribution in [-0.2, 0) is 0 Å². The van der Waals surface area contributed by atoms with Gasteiger partial charge < -0.3 is 9.47 Å². The quantitative estimate of drug-likeness (QED) is 0.598. The molecule has 0 fully saturated rings. The number of hydrogen-bond donors (Lipinski definition) is 0. The summed E-state index contributed by atoms with van der Waals surface area (Å²) in [6.07, 6.45) is 0.732. The maximum Gasteiger partial charge on any atom is 0.273 e. The third-order valence-electron chi connectivity index (χ3n) is 2.57. The number of non-ortho nitro benzene ring substituents is 1. The molecule has 0 saturated heterocycles. The molecule has 0 radical (unpaired) electrons. The minimum absolute atomic E-state index is 0.0150. The van der Waals surface area contributed by atoms with Crippen LogP contribution in [0.15, 0.2) is 18.2 Å². The van der Waals surface area contributed by atoms with Crippen molar-refractivity contribution in [1.29, 1.82) is 0 Å². The molecule has 5 nitrogen and oxygen atoms in total. The molecule has 0 aromatic heterocycles. The number of nitro benzene ring substituents is 1. The van der Waals surface area contributed by atoms with Crippen LogP contribution < -0.4 is 9.47 Å². The van der Waals surface area contributed by atoms with E-state index in [1.54, 1.807) is 6.07 Å². The molecule has 1 atom stereocenters. The van der Waals surface area contributed by atoms with Gasteiger partial charge in [-0.3, -0.25) is 10.1 Å². The van der Waals surface area contributed by atoms with Crippen LogP contribution in [0.1, 0.15) is 27.2 Å². The number of benzene rings is 1. The van der Waals surface area contributed by atoms with Gasteiger partial charge in [-0.25, -0.2) is 0 Å². The molecule has 92 valence electrons. The Labute approximate surface area is 99.5 Å².